The number of non-ortho nitro benzene ring substituents is 1. The van der Waals surface area contributed by atoms with E-state index in [9.17, 15) is 10.1 Å². The first-order chi connectivity index (χ1) is 12.5. The Hall–Kier alpha value is -2.07. The number of benzene rings is 2. The lowest BCUT2D eigenvalue weighted by molar-refractivity contribution is -0.384. The second-order valence-electron chi connectivity index (χ2n) is 6.05. The molecule has 0 aliphatic carbocycles. The molecule has 1 aliphatic rings. The zero-order valence-electron chi connectivity index (χ0n) is 14.6. The van der Waals surface area contributed by atoms with E-state index in [1.54, 1.807) is 6.07 Å². The SMILES string of the molecule is I.NC(=NCc1cccc([N+](=O)[O-])c1)N1CCN(c2ccc(Cl)cc2)CC1. The highest BCUT2D eigenvalue weighted by Crippen LogP contribution is 2.19. The molecular formula is C18H21ClIN5O2. The van der Waals surface area contributed by atoms with E-state index in [1.807, 2.05) is 35.2 Å². The summed E-state index contributed by atoms with van der Waals surface area (Å²) in [5.41, 5.74) is 8.07. The Morgan fingerprint density at radius 1 is 1.15 bits per heavy atom. The second kappa shape index (κ2) is 9.75. The normalized spacial score (nSPS) is 14.6. The Morgan fingerprint density at radius 3 is 2.44 bits per heavy atom. The molecule has 144 valence electrons. The van der Waals surface area contributed by atoms with Crippen LogP contribution in [0.3, 0.4) is 0 Å². The summed E-state index contributed by atoms with van der Waals surface area (Å²) in [7, 11) is 0. The molecule has 27 heavy (non-hydrogen) atoms. The first kappa shape index (κ1) is 21.2. The number of hydrogen-bond acceptors (Lipinski definition) is 4. The van der Waals surface area contributed by atoms with Crippen molar-refractivity contribution in [2.45, 2.75) is 6.54 Å². The van der Waals surface area contributed by atoms with E-state index >= 15 is 0 Å². The maximum Gasteiger partial charge on any atom is 0.269 e. The minimum Gasteiger partial charge on any atom is -0.370 e. The fourth-order valence-corrected chi connectivity index (χ4v) is 3.01. The van der Waals surface area contributed by atoms with E-state index < -0.39 is 4.92 Å². The highest BCUT2D eigenvalue weighted by molar-refractivity contribution is 14.0. The minimum absolute atomic E-state index is 0. The molecule has 1 aliphatic heterocycles. The number of nitrogens with two attached hydrogens (primary N) is 1. The van der Waals surface area contributed by atoms with E-state index in [2.05, 4.69) is 9.89 Å². The lowest BCUT2D eigenvalue weighted by Crippen LogP contribution is -2.51. The summed E-state index contributed by atoms with van der Waals surface area (Å²) in [6.07, 6.45) is 0. The summed E-state index contributed by atoms with van der Waals surface area (Å²) in [6, 6.07) is 14.2. The number of nitro groups is 1. The molecule has 0 amide bonds. The molecule has 0 unspecified atom stereocenters. The number of aliphatic imine (C=N–C) groups is 1. The molecule has 1 heterocycles. The monoisotopic (exact) mass is 501 g/mol. The van der Waals surface area contributed by atoms with Crippen molar-refractivity contribution in [2.24, 2.45) is 10.7 Å². The van der Waals surface area contributed by atoms with Crippen molar-refractivity contribution in [2.75, 3.05) is 31.1 Å². The van der Waals surface area contributed by atoms with Crippen LogP contribution < -0.4 is 10.6 Å². The van der Waals surface area contributed by atoms with Gasteiger partial charge in [-0.3, -0.25) is 10.1 Å². The average Bonchev–Trinajstić information content (AvgIpc) is 2.67. The third-order valence-electron chi connectivity index (χ3n) is 4.34. The van der Waals surface area contributed by atoms with Crippen molar-refractivity contribution in [3.8, 4) is 0 Å². The number of halogens is 2. The van der Waals surface area contributed by atoms with Crippen LogP contribution in [0.4, 0.5) is 11.4 Å². The van der Waals surface area contributed by atoms with E-state index in [0.29, 0.717) is 12.5 Å². The minimum atomic E-state index is -0.410. The van der Waals surface area contributed by atoms with E-state index in [4.69, 9.17) is 17.3 Å². The number of nitrogens with zero attached hydrogens (tertiary/aromatic N) is 4. The zero-order valence-corrected chi connectivity index (χ0v) is 17.7. The van der Waals surface area contributed by atoms with E-state index in [1.165, 1.54) is 12.1 Å². The molecule has 2 aromatic carbocycles. The van der Waals surface area contributed by atoms with Crippen LogP contribution in [0.2, 0.25) is 5.02 Å². The van der Waals surface area contributed by atoms with Crippen LogP contribution >= 0.6 is 35.6 Å². The predicted molar refractivity (Wildman–Crippen MR) is 119 cm³/mol. The third-order valence-corrected chi connectivity index (χ3v) is 4.59. The Kier molecular flexibility index (Phi) is 7.66. The molecule has 0 saturated carbocycles. The summed E-state index contributed by atoms with van der Waals surface area (Å²) in [4.78, 5) is 19.1. The van der Waals surface area contributed by atoms with Gasteiger partial charge in [-0.15, -0.1) is 24.0 Å². The van der Waals surface area contributed by atoms with Crippen LogP contribution in [-0.4, -0.2) is 42.0 Å². The molecule has 0 bridgehead atoms. The van der Waals surface area contributed by atoms with Gasteiger partial charge in [-0.05, 0) is 29.8 Å². The molecule has 1 fully saturated rings. The number of rotatable bonds is 4. The Bertz CT molecular complexity index is 808. The van der Waals surface area contributed by atoms with Gasteiger partial charge in [0.15, 0.2) is 5.96 Å². The number of hydrogen-bond donors (Lipinski definition) is 1. The molecule has 2 N–H and O–H groups in total. The van der Waals surface area contributed by atoms with Crippen LogP contribution in [0.25, 0.3) is 0 Å². The van der Waals surface area contributed by atoms with Crippen molar-refractivity contribution < 1.29 is 4.92 Å². The standard InChI is InChI=1S/C18H20ClN5O2.HI/c19-15-4-6-16(7-5-15)22-8-10-23(11-9-22)18(20)21-13-14-2-1-3-17(12-14)24(25)26;/h1-7,12H,8-11,13H2,(H2,20,21);1H. The van der Waals surface area contributed by atoms with Gasteiger partial charge < -0.3 is 15.5 Å². The fourth-order valence-electron chi connectivity index (χ4n) is 2.89. The maximum atomic E-state index is 10.8. The van der Waals surface area contributed by atoms with Gasteiger partial charge in [-0.1, -0.05) is 23.7 Å². The molecule has 0 radical (unpaired) electrons. The van der Waals surface area contributed by atoms with Crippen molar-refractivity contribution in [1.82, 2.24) is 4.90 Å². The molecule has 2 aromatic rings. The maximum absolute atomic E-state index is 10.8. The van der Waals surface area contributed by atoms with Crippen LogP contribution in [0.1, 0.15) is 5.56 Å². The van der Waals surface area contributed by atoms with E-state index in [0.717, 1.165) is 42.5 Å². The highest BCUT2D eigenvalue weighted by atomic mass is 127. The Balaban J connectivity index is 0.00000261. The smallest absolute Gasteiger partial charge is 0.269 e. The van der Waals surface area contributed by atoms with Gasteiger partial charge >= 0.3 is 0 Å². The largest absolute Gasteiger partial charge is 0.370 e. The van der Waals surface area contributed by atoms with Gasteiger partial charge in [0, 0.05) is 49.0 Å². The summed E-state index contributed by atoms with van der Waals surface area (Å²) in [6.45, 7) is 3.55. The number of piperazine rings is 1. The summed E-state index contributed by atoms with van der Waals surface area (Å²) in [5, 5.41) is 11.6. The fraction of sp³-hybridized carbons (Fsp3) is 0.278. The molecule has 0 atom stereocenters. The summed E-state index contributed by atoms with van der Waals surface area (Å²) >= 11 is 5.93. The zero-order chi connectivity index (χ0) is 18.5. The lowest BCUT2D eigenvalue weighted by atomic mass is 10.2. The van der Waals surface area contributed by atoms with Gasteiger partial charge in [0.2, 0.25) is 0 Å². The molecule has 0 aromatic heterocycles. The molecule has 1 saturated heterocycles. The highest BCUT2D eigenvalue weighted by Gasteiger charge is 2.18. The summed E-state index contributed by atoms with van der Waals surface area (Å²) < 4.78 is 0. The van der Waals surface area contributed by atoms with Crippen LogP contribution in [0.5, 0.6) is 0 Å². The van der Waals surface area contributed by atoms with Crippen molar-refractivity contribution in [3.05, 3.63) is 69.2 Å². The average molecular weight is 502 g/mol. The van der Waals surface area contributed by atoms with Gasteiger partial charge in [0.1, 0.15) is 0 Å². The van der Waals surface area contributed by atoms with Gasteiger partial charge in [-0.2, -0.15) is 0 Å². The van der Waals surface area contributed by atoms with Crippen molar-refractivity contribution >= 4 is 52.9 Å². The Labute approximate surface area is 180 Å². The van der Waals surface area contributed by atoms with Crippen LogP contribution in [-0.2, 0) is 6.54 Å². The topological polar surface area (TPSA) is 88.0 Å². The van der Waals surface area contributed by atoms with Gasteiger partial charge in [0.05, 0.1) is 11.5 Å². The quantitative estimate of drug-likeness (QED) is 0.228. The van der Waals surface area contributed by atoms with Crippen LogP contribution in [0.15, 0.2) is 53.5 Å². The molecule has 3 rings (SSSR count). The van der Waals surface area contributed by atoms with Gasteiger partial charge in [0.25, 0.3) is 5.69 Å². The number of nitro benzene ring substituents is 1. The van der Waals surface area contributed by atoms with E-state index in [-0.39, 0.29) is 29.7 Å². The second-order valence-corrected chi connectivity index (χ2v) is 6.49. The number of anilines is 1. The molecule has 7 nitrogen and oxygen atoms in total. The van der Waals surface area contributed by atoms with Crippen molar-refractivity contribution in [1.29, 1.82) is 0 Å². The first-order valence-electron chi connectivity index (χ1n) is 8.31. The molecule has 9 heteroatoms. The molecular weight excluding hydrogens is 481 g/mol. The Morgan fingerprint density at radius 2 is 1.81 bits per heavy atom. The first-order valence-corrected chi connectivity index (χ1v) is 8.69. The molecule has 0 spiro atoms. The number of guanidine groups is 1. The van der Waals surface area contributed by atoms with Crippen LogP contribution in [0, 0.1) is 10.1 Å². The van der Waals surface area contributed by atoms with Gasteiger partial charge in [-0.25, -0.2) is 4.99 Å². The third kappa shape index (κ3) is 5.70. The van der Waals surface area contributed by atoms with Crippen molar-refractivity contribution in [3.63, 3.8) is 0 Å². The summed E-state index contributed by atoms with van der Waals surface area (Å²) in [5.74, 6) is 0.465. The predicted octanol–water partition coefficient (Wildman–Crippen LogP) is 3.50. The lowest BCUT2D eigenvalue weighted by Gasteiger charge is -2.36.